The molecule has 3 aromatic rings. The third-order valence-electron chi connectivity index (χ3n) is 7.40. The maximum absolute atomic E-state index is 13.7. The normalized spacial score (nSPS) is 16.2. The molecule has 1 fully saturated rings. The highest BCUT2D eigenvalue weighted by atomic mass is 35.5. The Hall–Kier alpha value is -3.19. The summed E-state index contributed by atoms with van der Waals surface area (Å²) < 4.78 is 33.8. The van der Waals surface area contributed by atoms with Crippen LogP contribution in [-0.4, -0.2) is 71.9 Å². The number of benzene rings is 3. The van der Waals surface area contributed by atoms with Crippen LogP contribution in [0.15, 0.2) is 66.7 Å². The first-order chi connectivity index (χ1) is 20.7. The van der Waals surface area contributed by atoms with Gasteiger partial charge in [0.2, 0.25) is 0 Å². The maximum atomic E-state index is 13.7. The zero-order valence-electron chi connectivity index (χ0n) is 25.5. The number of halogens is 1. The number of carbonyl (C=O) groups excluding carboxylic acids is 1. The van der Waals surface area contributed by atoms with E-state index in [-0.39, 0.29) is 24.9 Å². The van der Waals surface area contributed by atoms with Gasteiger partial charge in [-0.05, 0) is 67.6 Å². The third kappa shape index (κ3) is 9.65. The topological polar surface area (TPSA) is 136 Å². The standard InChI is InChI=1S/C32H44N4O6S.ClH/c1-4-34-26-17-25(18-27(19-26)36-12-8-9-13-43(36,39)40)32(38)35-30(16-23-10-6-5-7-11-23)31(37)22-33-21-24-14-28(41-2)20-29(15-24)42-3;/h5-7,10-11,14-15,17-20,30-31,33-34,37,39-40H,4,8-9,12-13,16,21-22H2,1-3H3,(H,35,38);1H/t30-,31-;/m0./s1. The fraction of sp³-hybridized carbons (Fsp3) is 0.406. The minimum absolute atomic E-state index is 0. The Balaban J connectivity index is 0.00000529. The van der Waals surface area contributed by atoms with Crippen LogP contribution in [0.1, 0.15) is 41.3 Å². The minimum Gasteiger partial charge on any atom is -0.497 e. The van der Waals surface area contributed by atoms with Crippen LogP contribution < -0.4 is 29.7 Å². The molecule has 1 saturated heterocycles. The van der Waals surface area contributed by atoms with E-state index in [9.17, 15) is 19.0 Å². The number of ether oxygens (including phenoxy) is 2. The molecule has 0 spiro atoms. The number of aliphatic hydroxyl groups is 1. The second-order valence-electron chi connectivity index (χ2n) is 10.6. The van der Waals surface area contributed by atoms with E-state index in [0.717, 1.165) is 24.0 Å². The van der Waals surface area contributed by atoms with E-state index >= 15 is 0 Å². The van der Waals surface area contributed by atoms with Crippen molar-refractivity contribution in [2.24, 2.45) is 0 Å². The Morgan fingerprint density at radius 2 is 1.68 bits per heavy atom. The van der Waals surface area contributed by atoms with Gasteiger partial charge in [0.15, 0.2) is 0 Å². The molecule has 1 aliphatic rings. The fourth-order valence-electron chi connectivity index (χ4n) is 5.18. The van der Waals surface area contributed by atoms with E-state index in [4.69, 9.17) is 9.47 Å². The SMILES string of the molecule is CCNc1cc(C(=O)N[C@@H](Cc2ccccc2)[C@@H](O)CNCc2cc(OC)cc(OC)c2)cc(N2CCCCS2(O)O)c1.Cl. The van der Waals surface area contributed by atoms with Gasteiger partial charge in [-0.15, -0.1) is 23.2 Å². The van der Waals surface area contributed by atoms with Crippen LogP contribution >= 0.6 is 23.2 Å². The van der Waals surface area contributed by atoms with Crippen LogP contribution in [0.25, 0.3) is 0 Å². The third-order valence-corrected chi connectivity index (χ3v) is 9.34. The summed E-state index contributed by atoms with van der Waals surface area (Å²) in [5.74, 6) is 1.31. The summed E-state index contributed by atoms with van der Waals surface area (Å²) in [5.41, 5.74) is 3.58. The van der Waals surface area contributed by atoms with Gasteiger partial charge < -0.3 is 30.5 Å². The number of rotatable bonds is 14. The summed E-state index contributed by atoms with van der Waals surface area (Å²) in [7, 11) is 0.237. The van der Waals surface area contributed by atoms with Crippen molar-refractivity contribution in [3.05, 3.63) is 83.4 Å². The van der Waals surface area contributed by atoms with Crippen molar-refractivity contribution in [1.82, 2.24) is 10.6 Å². The summed E-state index contributed by atoms with van der Waals surface area (Å²) in [4.78, 5) is 13.7. The summed E-state index contributed by atoms with van der Waals surface area (Å²) in [5, 5.41) is 20.9. The lowest BCUT2D eigenvalue weighted by atomic mass is 10.00. The first kappa shape index (κ1) is 35.3. The molecule has 4 rings (SSSR count). The summed E-state index contributed by atoms with van der Waals surface area (Å²) in [6, 6.07) is 20.0. The molecular formula is C32H45ClN4O6S. The average molecular weight is 649 g/mol. The van der Waals surface area contributed by atoms with Gasteiger partial charge in [0, 0.05) is 43.5 Å². The van der Waals surface area contributed by atoms with Gasteiger partial charge in [0.25, 0.3) is 5.91 Å². The quantitative estimate of drug-likeness (QED) is 0.137. The van der Waals surface area contributed by atoms with Crippen LogP contribution in [0.5, 0.6) is 11.5 Å². The zero-order chi connectivity index (χ0) is 30.8. The highest BCUT2D eigenvalue weighted by Crippen LogP contribution is 2.50. The van der Waals surface area contributed by atoms with E-state index in [1.807, 2.05) is 55.5 Å². The summed E-state index contributed by atoms with van der Waals surface area (Å²) >= 11 is 0. The number of hydrogen-bond donors (Lipinski definition) is 6. The molecule has 1 heterocycles. The molecular weight excluding hydrogens is 604 g/mol. The monoisotopic (exact) mass is 648 g/mol. The van der Waals surface area contributed by atoms with Gasteiger partial charge in [-0.2, -0.15) is 0 Å². The lowest BCUT2D eigenvalue weighted by molar-refractivity contribution is 0.0830. The number of hydrogen-bond acceptors (Lipinski definition) is 9. The van der Waals surface area contributed by atoms with Gasteiger partial charge in [-0.3, -0.25) is 18.2 Å². The molecule has 2 atom stereocenters. The lowest BCUT2D eigenvalue weighted by Crippen LogP contribution is -2.48. The van der Waals surface area contributed by atoms with Crippen molar-refractivity contribution >= 4 is 40.5 Å². The van der Waals surface area contributed by atoms with Gasteiger partial charge >= 0.3 is 0 Å². The van der Waals surface area contributed by atoms with E-state index < -0.39 is 22.9 Å². The van der Waals surface area contributed by atoms with Gasteiger partial charge in [-0.25, -0.2) is 0 Å². The van der Waals surface area contributed by atoms with E-state index in [1.165, 1.54) is 0 Å². The molecule has 44 heavy (non-hydrogen) atoms. The van der Waals surface area contributed by atoms with Gasteiger partial charge in [0.1, 0.15) is 11.5 Å². The number of aliphatic hydroxyl groups excluding tert-OH is 1. The Morgan fingerprint density at radius 1 is 0.977 bits per heavy atom. The number of amides is 1. The van der Waals surface area contributed by atoms with Crippen LogP contribution in [0, 0.1) is 0 Å². The Kier molecular flexibility index (Phi) is 13.4. The largest absolute Gasteiger partial charge is 0.497 e. The predicted octanol–water partition coefficient (Wildman–Crippen LogP) is 5.32. The van der Waals surface area contributed by atoms with E-state index in [2.05, 4.69) is 16.0 Å². The highest BCUT2D eigenvalue weighted by molar-refractivity contribution is 8.25. The highest BCUT2D eigenvalue weighted by Gasteiger charge is 2.28. The predicted molar refractivity (Wildman–Crippen MR) is 181 cm³/mol. The molecule has 1 aliphatic heterocycles. The molecule has 6 N–H and O–H groups in total. The van der Waals surface area contributed by atoms with E-state index in [1.54, 1.807) is 36.7 Å². The second-order valence-corrected chi connectivity index (χ2v) is 12.7. The number of carbonyl (C=O) groups is 1. The minimum atomic E-state index is -2.96. The van der Waals surface area contributed by atoms with Crippen molar-refractivity contribution in [2.45, 2.75) is 44.9 Å². The summed E-state index contributed by atoms with van der Waals surface area (Å²) in [6.45, 7) is 3.80. The Bertz CT molecular complexity index is 1330. The Morgan fingerprint density at radius 3 is 2.32 bits per heavy atom. The molecule has 0 unspecified atom stereocenters. The molecule has 3 aromatic carbocycles. The lowest BCUT2D eigenvalue weighted by Gasteiger charge is -2.47. The van der Waals surface area contributed by atoms with Crippen molar-refractivity contribution in [2.75, 3.05) is 49.2 Å². The Labute approximate surface area is 268 Å². The molecule has 0 aliphatic carbocycles. The second kappa shape index (κ2) is 16.8. The van der Waals surface area contributed by atoms with Gasteiger partial charge in [-0.1, -0.05) is 30.3 Å². The molecule has 0 saturated carbocycles. The van der Waals surface area contributed by atoms with Gasteiger partial charge in [0.05, 0.1) is 37.8 Å². The number of nitrogens with one attached hydrogen (secondary N) is 3. The first-order valence-electron chi connectivity index (χ1n) is 14.6. The van der Waals surface area contributed by atoms with Crippen molar-refractivity contribution in [1.29, 1.82) is 0 Å². The molecule has 10 nitrogen and oxygen atoms in total. The fourth-order valence-corrected chi connectivity index (χ4v) is 6.85. The molecule has 242 valence electrons. The molecule has 0 radical (unpaired) electrons. The smallest absolute Gasteiger partial charge is 0.251 e. The number of nitrogens with zero attached hydrogens (tertiary/aromatic N) is 1. The molecule has 1 amide bonds. The van der Waals surface area contributed by atoms with Crippen molar-refractivity contribution in [3.8, 4) is 11.5 Å². The molecule has 0 bridgehead atoms. The summed E-state index contributed by atoms with van der Waals surface area (Å²) in [6.07, 6.45) is 1.11. The van der Waals surface area contributed by atoms with Crippen LogP contribution in [-0.2, 0) is 13.0 Å². The van der Waals surface area contributed by atoms with E-state index in [0.29, 0.717) is 60.2 Å². The molecule has 0 aromatic heterocycles. The van der Waals surface area contributed by atoms with Crippen LogP contribution in [0.3, 0.4) is 0 Å². The maximum Gasteiger partial charge on any atom is 0.251 e. The number of anilines is 2. The van der Waals surface area contributed by atoms with Crippen molar-refractivity contribution in [3.63, 3.8) is 0 Å². The van der Waals surface area contributed by atoms with Crippen molar-refractivity contribution < 1.29 is 28.5 Å². The first-order valence-corrected chi connectivity index (χ1v) is 16.3. The van der Waals surface area contributed by atoms with Crippen LogP contribution in [0.2, 0.25) is 0 Å². The van der Waals surface area contributed by atoms with Crippen LogP contribution in [0.4, 0.5) is 11.4 Å². The zero-order valence-corrected chi connectivity index (χ0v) is 27.1. The number of methoxy groups -OCH3 is 2. The average Bonchev–Trinajstić information content (AvgIpc) is 3.00. The molecule has 12 heteroatoms.